The minimum absolute atomic E-state index is 0.0877. The Morgan fingerprint density at radius 3 is 2.41 bits per heavy atom. The van der Waals surface area contributed by atoms with Crippen LogP contribution in [-0.2, 0) is 0 Å². The highest BCUT2D eigenvalue weighted by molar-refractivity contribution is 6.03. The zero-order chi connectivity index (χ0) is 15.9. The molecule has 1 aromatic carbocycles. The Kier molecular flexibility index (Phi) is 5.07. The van der Waals surface area contributed by atoms with Gasteiger partial charge in [0, 0.05) is 17.8 Å². The Hall–Kier alpha value is -2.90. The lowest BCUT2D eigenvalue weighted by Gasteiger charge is -2.10. The van der Waals surface area contributed by atoms with Crippen molar-refractivity contribution in [3.05, 3.63) is 30.3 Å². The molecule has 0 saturated heterocycles. The van der Waals surface area contributed by atoms with Gasteiger partial charge in [0.2, 0.25) is 0 Å². The highest BCUT2D eigenvalue weighted by Crippen LogP contribution is 2.23. The molecule has 0 aliphatic rings. The van der Waals surface area contributed by atoms with E-state index in [0.29, 0.717) is 30.3 Å². The number of carbonyl (C=O) groups excluding carboxylic acids is 1. The van der Waals surface area contributed by atoms with Crippen molar-refractivity contribution >= 4 is 18.1 Å². The number of nitrogens with zero attached hydrogens (tertiary/aromatic N) is 4. The number of rotatable bonds is 7. The molecule has 116 valence electrons. The predicted octanol–water partition coefficient (Wildman–Crippen LogP) is 1.82. The molecule has 2 aromatic rings. The molecular formula is C14H17N5O3. The van der Waals surface area contributed by atoms with Crippen LogP contribution in [0, 0.1) is 0 Å². The van der Waals surface area contributed by atoms with Crippen LogP contribution >= 0.6 is 0 Å². The van der Waals surface area contributed by atoms with E-state index in [0.717, 1.165) is 4.80 Å². The number of hydrogen-bond donors (Lipinski definition) is 1. The highest BCUT2D eigenvalue weighted by atomic mass is 16.5. The van der Waals surface area contributed by atoms with Gasteiger partial charge in [0.15, 0.2) is 0 Å². The van der Waals surface area contributed by atoms with Crippen molar-refractivity contribution in [3.63, 3.8) is 0 Å². The van der Waals surface area contributed by atoms with Crippen LogP contribution in [0.3, 0.4) is 0 Å². The summed E-state index contributed by atoms with van der Waals surface area (Å²) in [7, 11) is 0. The minimum Gasteiger partial charge on any atom is -0.494 e. The highest BCUT2D eigenvalue weighted by Gasteiger charge is 2.13. The number of aromatic nitrogens is 4. The number of ether oxygens (including phenoxy) is 2. The fraction of sp³-hybridized carbons (Fsp3) is 0.286. The second kappa shape index (κ2) is 7.21. The topological polar surface area (TPSA) is 91.2 Å². The molecule has 0 saturated carbocycles. The van der Waals surface area contributed by atoms with Crippen LogP contribution in [0.2, 0.25) is 0 Å². The van der Waals surface area contributed by atoms with E-state index in [2.05, 4.69) is 27.3 Å². The van der Waals surface area contributed by atoms with Gasteiger partial charge in [-0.1, -0.05) is 11.7 Å². The van der Waals surface area contributed by atoms with Crippen LogP contribution in [0.1, 0.15) is 24.2 Å². The molecule has 1 N–H and O–H groups in total. The SMILES string of the molecule is C=Cn1nnc(NC(=O)c2cc(OCC)cc(OCC)c2)n1. The molecule has 0 aliphatic carbocycles. The molecule has 0 atom stereocenters. The summed E-state index contributed by atoms with van der Waals surface area (Å²) in [5, 5.41) is 13.8. The van der Waals surface area contributed by atoms with E-state index in [4.69, 9.17) is 9.47 Å². The maximum Gasteiger partial charge on any atom is 0.270 e. The van der Waals surface area contributed by atoms with Gasteiger partial charge >= 0.3 is 0 Å². The van der Waals surface area contributed by atoms with E-state index >= 15 is 0 Å². The molecule has 0 bridgehead atoms. The largest absolute Gasteiger partial charge is 0.494 e. The van der Waals surface area contributed by atoms with Crippen molar-refractivity contribution < 1.29 is 14.3 Å². The molecule has 1 heterocycles. The fourth-order valence-corrected chi connectivity index (χ4v) is 1.73. The van der Waals surface area contributed by atoms with Gasteiger partial charge in [0.1, 0.15) is 11.5 Å². The van der Waals surface area contributed by atoms with E-state index in [1.165, 1.54) is 6.20 Å². The Morgan fingerprint density at radius 2 is 1.91 bits per heavy atom. The Bertz CT molecular complexity index is 644. The molecule has 0 radical (unpaired) electrons. The molecule has 8 heteroatoms. The van der Waals surface area contributed by atoms with Crippen molar-refractivity contribution in [3.8, 4) is 11.5 Å². The maximum absolute atomic E-state index is 12.3. The lowest BCUT2D eigenvalue weighted by Crippen LogP contribution is -2.13. The molecule has 8 nitrogen and oxygen atoms in total. The minimum atomic E-state index is -0.383. The predicted molar refractivity (Wildman–Crippen MR) is 80.9 cm³/mol. The normalized spacial score (nSPS) is 10.1. The van der Waals surface area contributed by atoms with Gasteiger partial charge in [0.05, 0.1) is 13.2 Å². The first kappa shape index (κ1) is 15.5. The summed E-state index contributed by atoms with van der Waals surface area (Å²) in [6.45, 7) is 8.21. The molecule has 0 spiro atoms. The van der Waals surface area contributed by atoms with Gasteiger partial charge in [-0.25, -0.2) is 0 Å². The molecule has 2 rings (SSSR count). The van der Waals surface area contributed by atoms with E-state index in [-0.39, 0.29) is 11.9 Å². The van der Waals surface area contributed by atoms with Crippen molar-refractivity contribution in [2.75, 3.05) is 18.5 Å². The zero-order valence-corrected chi connectivity index (χ0v) is 12.4. The van der Waals surface area contributed by atoms with Crippen LogP contribution in [0.4, 0.5) is 5.95 Å². The Labute approximate surface area is 127 Å². The van der Waals surface area contributed by atoms with E-state index in [1.807, 2.05) is 13.8 Å². The number of carbonyl (C=O) groups is 1. The van der Waals surface area contributed by atoms with Gasteiger partial charge in [-0.05, 0) is 31.2 Å². The standard InChI is InChI=1S/C14H17N5O3/c1-4-19-17-14(16-18-19)15-13(20)10-7-11(21-5-2)9-12(8-10)22-6-3/h4,7-9H,1,5-6H2,2-3H3,(H,15,17,20). The summed E-state index contributed by atoms with van der Waals surface area (Å²) >= 11 is 0. The van der Waals surface area contributed by atoms with Crippen LogP contribution in [0.5, 0.6) is 11.5 Å². The molecule has 1 aromatic heterocycles. The molecule has 1 amide bonds. The first-order chi connectivity index (χ1) is 10.7. The van der Waals surface area contributed by atoms with E-state index < -0.39 is 0 Å². The molecular weight excluding hydrogens is 286 g/mol. The number of amides is 1. The van der Waals surface area contributed by atoms with Crippen LogP contribution in [-0.4, -0.2) is 39.3 Å². The lowest BCUT2D eigenvalue weighted by atomic mass is 10.2. The molecule has 0 fully saturated rings. The van der Waals surface area contributed by atoms with Gasteiger partial charge in [-0.3, -0.25) is 10.1 Å². The maximum atomic E-state index is 12.3. The monoisotopic (exact) mass is 303 g/mol. The molecule has 22 heavy (non-hydrogen) atoms. The van der Waals surface area contributed by atoms with Gasteiger partial charge in [-0.2, -0.15) is 0 Å². The third kappa shape index (κ3) is 3.81. The number of nitrogens with one attached hydrogen (secondary N) is 1. The fourth-order valence-electron chi connectivity index (χ4n) is 1.73. The van der Waals surface area contributed by atoms with E-state index in [9.17, 15) is 4.79 Å². The number of tetrazole rings is 1. The van der Waals surface area contributed by atoms with Crippen LogP contribution < -0.4 is 14.8 Å². The first-order valence-corrected chi connectivity index (χ1v) is 6.80. The van der Waals surface area contributed by atoms with Crippen LogP contribution in [0.25, 0.3) is 6.20 Å². The Morgan fingerprint density at radius 1 is 1.27 bits per heavy atom. The van der Waals surface area contributed by atoms with Crippen LogP contribution in [0.15, 0.2) is 24.8 Å². The average molecular weight is 303 g/mol. The van der Waals surface area contributed by atoms with Crippen molar-refractivity contribution in [2.45, 2.75) is 13.8 Å². The van der Waals surface area contributed by atoms with Gasteiger partial charge in [-0.15, -0.1) is 9.90 Å². The second-order valence-corrected chi connectivity index (χ2v) is 4.13. The summed E-state index contributed by atoms with van der Waals surface area (Å²) in [5.41, 5.74) is 0.379. The summed E-state index contributed by atoms with van der Waals surface area (Å²) in [6.07, 6.45) is 1.37. The second-order valence-electron chi connectivity index (χ2n) is 4.13. The first-order valence-electron chi connectivity index (χ1n) is 6.80. The Balaban J connectivity index is 2.21. The summed E-state index contributed by atoms with van der Waals surface area (Å²) in [5.74, 6) is 0.818. The third-order valence-corrected chi connectivity index (χ3v) is 2.58. The summed E-state index contributed by atoms with van der Waals surface area (Å²) < 4.78 is 10.9. The van der Waals surface area contributed by atoms with Crippen molar-refractivity contribution in [1.82, 2.24) is 20.2 Å². The average Bonchev–Trinajstić information content (AvgIpc) is 2.95. The van der Waals surface area contributed by atoms with Crippen molar-refractivity contribution in [2.24, 2.45) is 0 Å². The summed E-state index contributed by atoms with van der Waals surface area (Å²) in [4.78, 5) is 13.4. The quantitative estimate of drug-likeness (QED) is 0.839. The number of hydrogen-bond acceptors (Lipinski definition) is 6. The number of benzene rings is 1. The number of anilines is 1. The zero-order valence-electron chi connectivity index (χ0n) is 12.4. The lowest BCUT2D eigenvalue weighted by molar-refractivity contribution is 0.102. The van der Waals surface area contributed by atoms with E-state index in [1.54, 1.807) is 18.2 Å². The molecule has 0 unspecified atom stereocenters. The van der Waals surface area contributed by atoms with Crippen molar-refractivity contribution in [1.29, 1.82) is 0 Å². The summed E-state index contributed by atoms with van der Waals surface area (Å²) in [6, 6.07) is 4.98. The van der Waals surface area contributed by atoms with Gasteiger partial charge in [0.25, 0.3) is 11.9 Å². The molecule has 0 aliphatic heterocycles. The smallest absolute Gasteiger partial charge is 0.270 e. The third-order valence-electron chi connectivity index (χ3n) is 2.58. The van der Waals surface area contributed by atoms with Gasteiger partial charge < -0.3 is 9.47 Å².